The van der Waals surface area contributed by atoms with Crippen LogP contribution < -0.4 is 5.32 Å². The van der Waals surface area contributed by atoms with E-state index in [0.29, 0.717) is 5.56 Å². The number of carbonyl (C=O) groups excluding carboxylic acids is 3. The monoisotopic (exact) mass is 373 g/mol. The number of carbonyl (C=O) groups is 3. The number of nitrogens with zero attached hydrogens (tertiary/aromatic N) is 2. The first-order valence-corrected chi connectivity index (χ1v) is 7.65. The molecule has 1 fully saturated rings. The number of alkyl halides is 3. The number of hydrogen-bond acceptors (Lipinski definition) is 5. The maximum absolute atomic E-state index is 12.6. The molecule has 1 atom stereocenters. The Kier molecular flexibility index (Phi) is 5.86. The zero-order valence-corrected chi connectivity index (χ0v) is 14.2. The van der Waals surface area contributed by atoms with Gasteiger partial charge in [-0.2, -0.15) is 13.2 Å². The summed E-state index contributed by atoms with van der Waals surface area (Å²) in [5.41, 5.74) is -0.151. The molecule has 0 spiro atoms. The minimum atomic E-state index is -4.40. The summed E-state index contributed by atoms with van der Waals surface area (Å²) >= 11 is 0. The molecule has 26 heavy (non-hydrogen) atoms. The summed E-state index contributed by atoms with van der Waals surface area (Å²) < 4.78 is 42.2. The molecule has 0 aromatic heterocycles. The predicted molar refractivity (Wildman–Crippen MR) is 83.6 cm³/mol. The highest BCUT2D eigenvalue weighted by molar-refractivity contribution is 6.05. The Labute approximate surface area is 147 Å². The van der Waals surface area contributed by atoms with Crippen LogP contribution in [0.5, 0.6) is 0 Å². The zero-order chi connectivity index (χ0) is 19.5. The predicted octanol–water partition coefficient (Wildman–Crippen LogP) is 1.58. The molecule has 1 aromatic rings. The third-order valence-electron chi connectivity index (χ3n) is 3.82. The molecule has 0 unspecified atom stereocenters. The van der Waals surface area contributed by atoms with E-state index in [0.717, 1.165) is 17.0 Å². The van der Waals surface area contributed by atoms with Crippen molar-refractivity contribution in [3.8, 4) is 0 Å². The van der Waals surface area contributed by atoms with E-state index in [-0.39, 0.29) is 19.6 Å². The van der Waals surface area contributed by atoms with Crippen LogP contribution >= 0.6 is 0 Å². The molecule has 0 radical (unpaired) electrons. The second kappa shape index (κ2) is 7.73. The van der Waals surface area contributed by atoms with Gasteiger partial charge in [0.25, 0.3) is 5.91 Å². The van der Waals surface area contributed by atoms with Gasteiger partial charge in [-0.1, -0.05) is 12.1 Å². The van der Waals surface area contributed by atoms with Gasteiger partial charge in [0.05, 0.1) is 25.8 Å². The number of urea groups is 1. The summed E-state index contributed by atoms with van der Waals surface area (Å²) in [6.07, 6.45) is -4.67. The molecule has 1 aliphatic heterocycles. The fourth-order valence-corrected chi connectivity index (χ4v) is 2.50. The first-order valence-electron chi connectivity index (χ1n) is 7.65. The Morgan fingerprint density at radius 1 is 1.27 bits per heavy atom. The molecular weight excluding hydrogens is 355 g/mol. The van der Waals surface area contributed by atoms with Gasteiger partial charge in [-0.3, -0.25) is 14.5 Å². The van der Waals surface area contributed by atoms with E-state index < -0.39 is 35.7 Å². The number of rotatable bonds is 6. The van der Waals surface area contributed by atoms with Gasteiger partial charge in [0.2, 0.25) is 0 Å². The molecule has 7 nitrogen and oxygen atoms in total. The maximum Gasteiger partial charge on any atom is 0.416 e. The summed E-state index contributed by atoms with van der Waals surface area (Å²) in [5, 5.41) is 2.40. The lowest BCUT2D eigenvalue weighted by molar-refractivity contribution is -0.143. The van der Waals surface area contributed by atoms with Crippen molar-refractivity contribution in [1.29, 1.82) is 0 Å². The molecule has 3 amide bonds. The Bertz CT molecular complexity index is 691. The summed E-state index contributed by atoms with van der Waals surface area (Å²) in [6.45, 7) is 0.167. The van der Waals surface area contributed by atoms with Gasteiger partial charge >= 0.3 is 18.2 Å². The Balaban J connectivity index is 1.95. The van der Waals surface area contributed by atoms with E-state index in [1.54, 1.807) is 11.9 Å². The lowest BCUT2D eigenvalue weighted by Gasteiger charge is -2.22. The molecule has 1 heterocycles. The number of esters is 1. The van der Waals surface area contributed by atoms with E-state index >= 15 is 0 Å². The summed E-state index contributed by atoms with van der Waals surface area (Å²) in [6, 6.07) is 3.01. The van der Waals surface area contributed by atoms with E-state index in [1.807, 2.05) is 0 Å². The van der Waals surface area contributed by atoms with E-state index in [1.165, 1.54) is 19.2 Å². The van der Waals surface area contributed by atoms with Gasteiger partial charge in [-0.15, -0.1) is 0 Å². The van der Waals surface area contributed by atoms with E-state index in [4.69, 9.17) is 0 Å². The maximum atomic E-state index is 12.6. The van der Waals surface area contributed by atoms with Gasteiger partial charge in [0, 0.05) is 6.54 Å². The normalized spacial score (nSPS) is 17.6. The number of benzene rings is 1. The van der Waals surface area contributed by atoms with Crippen LogP contribution in [0.15, 0.2) is 24.3 Å². The van der Waals surface area contributed by atoms with Crippen molar-refractivity contribution in [3.05, 3.63) is 35.4 Å². The van der Waals surface area contributed by atoms with Crippen molar-refractivity contribution >= 4 is 17.9 Å². The number of methoxy groups -OCH3 is 1. The first-order chi connectivity index (χ1) is 12.1. The molecule has 142 valence electrons. The highest BCUT2D eigenvalue weighted by Gasteiger charge is 2.39. The van der Waals surface area contributed by atoms with Crippen LogP contribution in [0.4, 0.5) is 18.0 Å². The number of halogens is 3. The highest BCUT2D eigenvalue weighted by atomic mass is 19.4. The number of imide groups is 1. The number of amides is 3. The Morgan fingerprint density at radius 3 is 2.42 bits per heavy atom. The van der Waals surface area contributed by atoms with Gasteiger partial charge in [0.1, 0.15) is 6.04 Å². The molecule has 10 heteroatoms. The fraction of sp³-hybridized carbons (Fsp3) is 0.438. The van der Waals surface area contributed by atoms with Crippen LogP contribution in [0.3, 0.4) is 0 Å². The van der Waals surface area contributed by atoms with E-state index in [9.17, 15) is 27.6 Å². The minimum absolute atomic E-state index is 0.0661. The Hall–Kier alpha value is -2.62. The minimum Gasteiger partial charge on any atom is -0.469 e. The molecule has 0 saturated carbocycles. The van der Waals surface area contributed by atoms with Crippen molar-refractivity contribution in [1.82, 2.24) is 15.1 Å². The molecule has 1 aliphatic rings. The standard InChI is InChI=1S/C16H18F3N3O4/c1-21(8-10-3-5-11(6-4-10)16(17,18)19)9-22-14(24)12(20-15(22)25)7-13(23)26-2/h3-6,12H,7-9H2,1-2H3,(H,20,25)/t12-/m1/s1. The highest BCUT2D eigenvalue weighted by Crippen LogP contribution is 2.29. The zero-order valence-electron chi connectivity index (χ0n) is 14.2. The van der Waals surface area contributed by atoms with Gasteiger partial charge in [-0.05, 0) is 24.7 Å². The van der Waals surface area contributed by atoms with Crippen molar-refractivity contribution < 1.29 is 32.3 Å². The summed E-state index contributed by atoms with van der Waals surface area (Å²) in [4.78, 5) is 37.9. The smallest absolute Gasteiger partial charge is 0.416 e. The van der Waals surface area contributed by atoms with Crippen LogP contribution in [0.25, 0.3) is 0 Å². The molecule has 1 N–H and O–H groups in total. The van der Waals surface area contributed by atoms with Gasteiger partial charge in [-0.25, -0.2) is 9.69 Å². The average molecular weight is 373 g/mol. The average Bonchev–Trinajstić information content (AvgIpc) is 2.81. The van der Waals surface area contributed by atoms with Crippen LogP contribution in [0, 0.1) is 0 Å². The third kappa shape index (κ3) is 4.72. The topological polar surface area (TPSA) is 79.0 Å². The molecule has 1 saturated heterocycles. The largest absolute Gasteiger partial charge is 0.469 e. The molecule has 1 aromatic carbocycles. The van der Waals surface area contributed by atoms with Gasteiger partial charge in [0.15, 0.2) is 0 Å². The fourth-order valence-electron chi connectivity index (χ4n) is 2.50. The lowest BCUT2D eigenvalue weighted by atomic mass is 10.1. The number of hydrogen-bond donors (Lipinski definition) is 1. The molecular formula is C16H18F3N3O4. The SMILES string of the molecule is COC(=O)C[C@H]1NC(=O)N(CN(C)Cc2ccc(C(F)(F)F)cc2)C1=O. The Morgan fingerprint density at radius 2 is 1.88 bits per heavy atom. The third-order valence-corrected chi connectivity index (χ3v) is 3.82. The van der Waals surface area contributed by atoms with Crippen LogP contribution in [-0.2, 0) is 27.0 Å². The molecule has 0 aliphatic carbocycles. The first kappa shape index (κ1) is 19.7. The van der Waals surface area contributed by atoms with E-state index in [2.05, 4.69) is 10.1 Å². The molecule has 2 rings (SSSR count). The van der Waals surface area contributed by atoms with Crippen LogP contribution in [0.2, 0.25) is 0 Å². The van der Waals surface area contributed by atoms with Gasteiger partial charge < -0.3 is 10.1 Å². The van der Waals surface area contributed by atoms with Crippen molar-refractivity contribution in [2.24, 2.45) is 0 Å². The molecule has 0 bridgehead atoms. The second-order valence-corrected chi connectivity index (χ2v) is 5.90. The lowest BCUT2D eigenvalue weighted by Crippen LogP contribution is -2.40. The van der Waals surface area contributed by atoms with Crippen LogP contribution in [-0.4, -0.2) is 54.6 Å². The van der Waals surface area contributed by atoms with Crippen LogP contribution in [0.1, 0.15) is 17.5 Å². The van der Waals surface area contributed by atoms with Crippen molar-refractivity contribution in [3.63, 3.8) is 0 Å². The van der Waals surface area contributed by atoms with Crippen molar-refractivity contribution in [2.75, 3.05) is 20.8 Å². The number of ether oxygens (including phenoxy) is 1. The second-order valence-electron chi connectivity index (χ2n) is 5.90. The summed E-state index contributed by atoms with van der Waals surface area (Å²) in [5.74, 6) is -1.18. The number of nitrogens with one attached hydrogen (secondary N) is 1. The summed E-state index contributed by atoms with van der Waals surface area (Å²) in [7, 11) is 2.80. The quantitative estimate of drug-likeness (QED) is 0.605. The van der Waals surface area contributed by atoms with Crippen molar-refractivity contribution in [2.45, 2.75) is 25.2 Å².